The molecule has 0 aliphatic heterocycles. The molecule has 0 saturated carbocycles. The quantitative estimate of drug-likeness (QED) is 0.866. The highest BCUT2D eigenvalue weighted by Gasteiger charge is 2.19. The molecule has 0 fully saturated rings. The molecule has 3 N–H and O–H groups in total. The summed E-state index contributed by atoms with van der Waals surface area (Å²) in [5.41, 5.74) is 9.39. The van der Waals surface area contributed by atoms with Gasteiger partial charge in [0.25, 0.3) is 0 Å². The maximum atomic E-state index is 9.91. The monoisotopic (exact) mass is 269 g/mol. The first-order valence-electron chi connectivity index (χ1n) is 5.34. The first-order valence-corrected chi connectivity index (χ1v) is 6.13. The minimum Gasteiger partial charge on any atom is -0.387 e. The Labute approximate surface area is 98.6 Å². The van der Waals surface area contributed by atoms with Crippen molar-refractivity contribution in [2.45, 2.75) is 38.3 Å². The van der Waals surface area contributed by atoms with Crippen molar-refractivity contribution >= 4 is 15.9 Å². The third kappa shape index (κ3) is 2.10. The molecular formula is C12H16BrNO. The Morgan fingerprint density at radius 2 is 2.13 bits per heavy atom. The number of rotatable bonds is 2. The normalized spacial score (nSPS) is 18.7. The number of hydrogen-bond acceptors (Lipinski definition) is 2. The maximum absolute atomic E-state index is 9.91. The number of aliphatic hydroxyl groups is 1. The van der Waals surface area contributed by atoms with E-state index in [0.29, 0.717) is 0 Å². The highest BCUT2D eigenvalue weighted by atomic mass is 79.9. The Kier molecular flexibility index (Phi) is 3.14. The third-order valence-electron chi connectivity index (χ3n) is 3.02. The third-order valence-corrected chi connectivity index (χ3v) is 3.73. The molecule has 0 amide bonds. The molecule has 82 valence electrons. The summed E-state index contributed by atoms with van der Waals surface area (Å²) in [6.45, 7) is 1.83. The van der Waals surface area contributed by atoms with Crippen molar-refractivity contribution in [2.75, 3.05) is 0 Å². The van der Waals surface area contributed by atoms with Crippen molar-refractivity contribution in [1.82, 2.24) is 0 Å². The second-order valence-corrected chi connectivity index (χ2v) is 5.15. The summed E-state index contributed by atoms with van der Waals surface area (Å²) in [6, 6.07) is 3.87. The average molecular weight is 270 g/mol. The van der Waals surface area contributed by atoms with Crippen molar-refractivity contribution in [3.05, 3.63) is 33.3 Å². The summed E-state index contributed by atoms with van der Waals surface area (Å²) in [5.74, 6) is 0. The van der Waals surface area contributed by atoms with Crippen molar-refractivity contribution in [3.63, 3.8) is 0 Å². The number of aliphatic hydroxyl groups excluding tert-OH is 1. The van der Waals surface area contributed by atoms with Gasteiger partial charge in [-0.05, 0) is 48.9 Å². The average Bonchev–Trinajstić information content (AvgIpc) is 2.64. The molecule has 1 aliphatic carbocycles. The van der Waals surface area contributed by atoms with Gasteiger partial charge in [-0.3, -0.25) is 0 Å². The van der Waals surface area contributed by atoms with Crippen LogP contribution in [0.15, 0.2) is 16.6 Å². The molecule has 2 unspecified atom stereocenters. The fraction of sp³-hybridized carbons (Fsp3) is 0.500. The fourth-order valence-electron chi connectivity index (χ4n) is 2.15. The molecule has 1 aliphatic rings. The van der Waals surface area contributed by atoms with E-state index in [2.05, 4.69) is 22.0 Å². The van der Waals surface area contributed by atoms with Gasteiger partial charge < -0.3 is 10.8 Å². The van der Waals surface area contributed by atoms with Crippen molar-refractivity contribution in [2.24, 2.45) is 5.73 Å². The van der Waals surface area contributed by atoms with Crippen LogP contribution in [-0.2, 0) is 12.8 Å². The molecule has 0 bridgehead atoms. The minimum atomic E-state index is -0.563. The van der Waals surface area contributed by atoms with E-state index in [-0.39, 0.29) is 6.04 Å². The van der Waals surface area contributed by atoms with Gasteiger partial charge in [-0.1, -0.05) is 22.0 Å². The predicted octanol–water partition coefficient (Wildman–Crippen LogP) is 2.32. The van der Waals surface area contributed by atoms with Crippen LogP contribution in [0.1, 0.15) is 36.1 Å². The second-order valence-electron chi connectivity index (χ2n) is 4.30. The van der Waals surface area contributed by atoms with Crippen LogP contribution >= 0.6 is 15.9 Å². The van der Waals surface area contributed by atoms with Gasteiger partial charge in [-0.15, -0.1) is 0 Å². The molecule has 0 spiro atoms. The first kappa shape index (κ1) is 11.1. The SMILES string of the molecule is CC(N)C(O)c1cc(Br)c2c(c1)CCC2. The lowest BCUT2D eigenvalue weighted by atomic mass is 9.99. The predicted molar refractivity (Wildman–Crippen MR) is 64.8 cm³/mol. The van der Waals surface area contributed by atoms with Crippen LogP contribution in [0.4, 0.5) is 0 Å². The highest BCUT2D eigenvalue weighted by Crippen LogP contribution is 2.32. The number of aryl methyl sites for hydroxylation is 1. The van der Waals surface area contributed by atoms with E-state index >= 15 is 0 Å². The van der Waals surface area contributed by atoms with Crippen LogP contribution in [0.5, 0.6) is 0 Å². The summed E-state index contributed by atoms with van der Waals surface area (Å²) in [4.78, 5) is 0. The smallest absolute Gasteiger partial charge is 0.0938 e. The summed E-state index contributed by atoms with van der Waals surface area (Å²) < 4.78 is 1.12. The zero-order chi connectivity index (χ0) is 11.0. The van der Waals surface area contributed by atoms with Gasteiger partial charge in [0.15, 0.2) is 0 Å². The standard InChI is InChI=1S/C12H16BrNO/c1-7(14)12(15)9-5-8-3-2-4-10(8)11(13)6-9/h5-7,12,15H,2-4,14H2,1H3. The van der Waals surface area contributed by atoms with E-state index in [0.717, 1.165) is 22.9 Å². The molecule has 0 radical (unpaired) electrons. The Hall–Kier alpha value is -0.380. The lowest BCUT2D eigenvalue weighted by molar-refractivity contribution is 0.153. The van der Waals surface area contributed by atoms with Crippen LogP contribution in [-0.4, -0.2) is 11.1 Å². The zero-order valence-corrected chi connectivity index (χ0v) is 10.4. The van der Waals surface area contributed by atoms with Crippen LogP contribution in [0.25, 0.3) is 0 Å². The van der Waals surface area contributed by atoms with Crippen LogP contribution in [0, 0.1) is 0 Å². The lowest BCUT2D eigenvalue weighted by Crippen LogP contribution is -2.24. The van der Waals surface area contributed by atoms with Crippen LogP contribution in [0.2, 0.25) is 0 Å². The number of halogens is 1. The first-order chi connectivity index (χ1) is 7.09. The molecule has 2 atom stereocenters. The lowest BCUT2D eigenvalue weighted by Gasteiger charge is -2.16. The zero-order valence-electron chi connectivity index (χ0n) is 8.83. The Morgan fingerprint density at radius 1 is 1.40 bits per heavy atom. The molecule has 0 saturated heterocycles. The van der Waals surface area contributed by atoms with E-state index in [1.54, 1.807) is 0 Å². The molecule has 1 aromatic carbocycles. The molecule has 2 rings (SSSR count). The van der Waals surface area contributed by atoms with E-state index in [4.69, 9.17) is 5.73 Å². The number of benzene rings is 1. The van der Waals surface area contributed by atoms with Crippen LogP contribution in [0.3, 0.4) is 0 Å². The highest BCUT2D eigenvalue weighted by molar-refractivity contribution is 9.10. The Balaban J connectivity index is 2.39. The Bertz CT molecular complexity index is 376. The molecular weight excluding hydrogens is 254 g/mol. The van der Waals surface area contributed by atoms with Crippen molar-refractivity contribution in [3.8, 4) is 0 Å². The molecule has 1 aromatic rings. The van der Waals surface area contributed by atoms with Gasteiger partial charge in [-0.2, -0.15) is 0 Å². The van der Waals surface area contributed by atoms with E-state index in [1.807, 2.05) is 13.0 Å². The molecule has 15 heavy (non-hydrogen) atoms. The minimum absolute atomic E-state index is 0.226. The molecule has 3 heteroatoms. The molecule has 0 heterocycles. The number of fused-ring (bicyclic) bond motifs is 1. The summed E-state index contributed by atoms with van der Waals surface area (Å²) in [5, 5.41) is 9.91. The van der Waals surface area contributed by atoms with Gasteiger partial charge in [0.2, 0.25) is 0 Å². The fourth-order valence-corrected chi connectivity index (χ4v) is 2.87. The van der Waals surface area contributed by atoms with Gasteiger partial charge >= 0.3 is 0 Å². The summed E-state index contributed by atoms with van der Waals surface area (Å²) in [6.07, 6.45) is 2.91. The van der Waals surface area contributed by atoms with Crippen LogP contribution < -0.4 is 5.73 Å². The van der Waals surface area contributed by atoms with E-state index in [1.165, 1.54) is 17.5 Å². The largest absolute Gasteiger partial charge is 0.387 e. The van der Waals surface area contributed by atoms with E-state index < -0.39 is 6.10 Å². The number of hydrogen-bond donors (Lipinski definition) is 2. The summed E-state index contributed by atoms with van der Waals surface area (Å²) >= 11 is 3.56. The van der Waals surface area contributed by atoms with Gasteiger partial charge in [-0.25, -0.2) is 0 Å². The maximum Gasteiger partial charge on any atom is 0.0938 e. The van der Waals surface area contributed by atoms with E-state index in [9.17, 15) is 5.11 Å². The van der Waals surface area contributed by atoms with Crippen molar-refractivity contribution in [1.29, 1.82) is 0 Å². The van der Waals surface area contributed by atoms with Gasteiger partial charge in [0, 0.05) is 10.5 Å². The number of nitrogens with two attached hydrogens (primary N) is 1. The van der Waals surface area contributed by atoms with Gasteiger partial charge in [0.05, 0.1) is 6.10 Å². The van der Waals surface area contributed by atoms with Crippen molar-refractivity contribution < 1.29 is 5.11 Å². The summed E-state index contributed by atoms with van der Waals surface area (Å²) in [7, 11) is 0. The molecule has 0 aromatic heterocycles. The second kappa shape index (κ2) is 4.24. The van der Waals surface area contributed by atoms with Gasteiger partial charge in [0.1, 0.15) is 0 Å². The molecule has 2 nitrogen and oxygen atoms in total. The Morgan fingerprint density at radius 3 is 2.80 bits per heavy atom. The topological polar surface area (TPSA) is 46.2 Å².